The quantitative estimate of drug-likeness (QED) is 0.674. The number of nitrogens with zero attached hydrogens (tertiary/aromatic N) is 1. The van der Waals surface area contributed by atoms with E-state index in [0.717, 1.165) is 25.7 Å². The summed E-state index contributed by atoms with van der Waals surface area (Å²) in [6.07, 6.45) is 4.64. The largest absolute Gasteiger partial charge is 0.339 e. The second-order valence-corrected chi connectivity index (χ2v) is 7.47. The van der Waals surface area contributed by atoms with Gasteiger partial charge in [0.05, 0.1) is 11.5 Å². The van der Waals surface area contributed by atoms with Crippen LogP contribution in [0.5, 0.6) is 0 Å². The van der Waals surface area contributed by atoms with Crippen molar-refractivity contribution in [2.75, 3.05) is 24.6 Å². The number of carbonyl (C=O) groups excluding carboxylic acids is 1. The molecule has 1 unspecified atom stereocenters. The van der Waals surface area contributed by atoms with Gasteiger partial charge in [0.1, 0.15) is 0 Å². The zero-order valence-electron chi connectivity index (χ0n) is 11.8. The first-order chi connectivity index (χ1) is 9.00. The number of nitrogens with two attached hydrogens (primary N) is 1. The van der Waals surface area contributed by atoms with Crippen molar-refractivity contribution >= 4 is 15.7 Å². The molecule has 1 saturated heterocycles. The summed E-state index contributed by atoms with van der Waals surface area (Å²) >= 11 is 0. The lowest BCUT2D eigenvalue weighted by molar-refractivity contribution is -0.133. The van der Waals surface area contributed by atoms with Gasteiger partial charge in [-0.25, -0.2) is 8.42 Å². The second-order valence-electron chi connectivity index (χ2n) is 5.24. The van der Waals surface area contributed by atoms with Crippen molar-refractivity contribution in [1.29, 1.82) is 0 Å². The summed E-state index contributed by atoms with van der Waals surface area (Å²) in [6, 6.07) is -0.109. The van der Waals surface area contributed by atoms with Crippen molar-refractivity contribution < 1.29 is 13.2 Å². The maximum atomic E-state index is 12.2. The molecule has 1 rings (SSSR count). The van der Waals surface area contributed by atoms with E-state index in [-0.39, 0.29) is 23.5 Å². The van der Waals surface area contributed by atoms with E-state index in [1.54, 1.807) is 4.90 Å². The van der Waals surface area contributed by atoms with E-state index in [1.165, 1.54) is 0 Å². The van der Waals surface area contributed by atoms with Crippen LogP contribution in [-0.4, -0.2) is 49.9 Å². The number of hydrogen-bond donors (Lipinski definition) is 1. The molecule has 5 nitrogen and oxygen atoms in total. The van der Waals surface area contributed by atoms with Crippen LogP contribution in [0.4, 0.5) is 0 Å². The molecule has 0 radical (unpaired) electrons. The Labute approximate surface area is 116 Å². The van der Waals surface area contributed by atoms with Crippen molar-refractivity contribution in [3.05, 3.63) is 0 Å². The van der Waals surface area contributed by atoms with Crippen LogP contribution in [0.2, 0.25) is 0 Å². The van der Waals surface area contributed by atoms with Gasteiger partial charge in [0, 0.05) is 19.0 Å². The van der Waals surface area contributed by atoms with Gasteiger partial charge in [-0.2, -0.15) is 0 Å². The predicted molar refractivity (Wildman–Crippen MR) is 76.6 cm³/mol. The topological polar surface area (TPSA) is 80.5 Å². The van der Waals surface area contributed by atoms with E-state index >= 15 is 0 Å². The van der Waals surface area contributed by atoms with Gasteiger partial charge in [-0.3, -0.25) is 4.79 Å². The second kappa shape index (κ2) is 7.85. The fourth-order valence-electron chi connectivity index (χ4n) is 2.42. The maximum Gasteiger partial charge on any atom is 0.222 e. The lowest BCUT2D eigenvalue weighted by Crippen LogP contribution is -2.41. The summed E-state index contributed by atoms with van der Waals surface area (Å²) in [5.74, 6) is 0.444. The van der Waals surface area contributed by atoms with Crippen LogP contribution >= 0.6 is 0 Å². The Morgan fingerprint density at radius 3 is 2.58 bits per heavy atom. The van der Waals surface area contributed by atoms with Gasteiger partial charge < -0.3 is 10.6 Å². The van der Waals surface area contributed by atoms with Crippen LogP contribution in [-0.2, 0) is 14.6 Å². The zero-order chi connectivity index (χ0) is 14.3. The number of hydrogen-bond acceptors (Lipinski definition) is 4. The molecule has 0 spiro atoms. The Bertz CT molecular complexity index is 381. The minimum atomic E-state index is -2.94. The van der Waals surface area contributed by atoms with Crippen LogP contribution in [0.25, 0.3) is 0 Å². The number of unbranched alkanes of at least 4 members (excludes halogenated alkanes) is 2. The van der Waals surface area contributed by atoms with E-state index in [4.69, 9.17) is 5.73 Å². The smallest absolute Gasteiger partial charge is 0.222 e. The molecule has 1 fully saturated rings. The number of rotatable bonds is 8. The van der Waals surface area contributed by atoms with Crippen LogP contribution in [0.1, 0.15) is 45.4 Å². The lowest BCUT2D eigenvalue weighted by Gasteiger charge is -2.28. The van der Waals surface area contributed by atoms with Crippen molar-refractivity contribution in [3.8, 4) is 0 Å². The van der Waals surface area contributed by atoms with Gasteiger partial charge in [0.2, 0.25) is 5.91 Å². The summed E-state index contributed by atoms with van der Waals surface area (Å²) in [5, 5.41) is 0. The lowest BCUT2D eigenvalue weighted by atomic mass is 10.1. The van der Waals surface area contributed by atoms with Gasteiger partial charge in [0.15, 0.2) is 9.84 Å². The molecule has 112 valence electrons. The third kappa shape index (κ3) is 5.48. The SMILES string of the molecule is CCCCN(C(=O)CCCCN)C1CCS(=O)(=O)C1. The highest BCUT2D eigenvalue weighted by Crippen LogP contribution is 2.19. The summed E-state index contributed by atoms with van der Waals surface area (Å²) in [5.41, 5.74) is 5.42. The molecule has 0 bridgehead atoms. The van der Waals surface area contributed by atoms with Crippen molar-refractivity contribution in [3.63, 3.8) is 0 Å². The normalized spacial score (nSPS) is 21.5. The van der Waals surface area contributed by atoms with Crippen LogP contribution in [0.15, 0.2) is 0 Å². The van der Waals surface area contributed by atoms with E-state index in [9.17, 15) is 13.2 Å². The third-order valence-electron chi connectivity index (χ3n) is 3.57. The minimum absolute atomic E-state index is 0.0870. The fourth-order valence-corrected chi connectivity index (χ4v) is 4.16. The summed E-state index contributed by atoms with van der Waals surface area (Å²) in [4.78, 5) is 14.0. The molecular weight excluding hydrogens is 264 g/mol. The molecule has 2 N–H and O–H groups in total. The Morgan fingerprint density at radius 2 is 2.05 bits per heavy atom. The molecule has 0 aromatic carbocycles. The Hall–Kier alpha value is -0.620. The maximum absolute atomic E-state index is 12.2. The number of sulfone groups is 1. The van der Waals surface area contributed by atoms with Gasteiger partial charge in [-0.1, -0.05) is 13.3 Å². The first kappa shape index (κ1) is 16.4. The molecule has 1 amide bonds. The molecule has 0 saturated carbocycles. The number of carbonyl (C=O) groups is 1. The van der Waals surface area contributed by atoms with Gasteiger partial charge in [0.25, 0.3) is 0 Å². The van der Waals surface area contributed by atoms with E-state index < -0.39 is 9.84 Å². The van der Waals surface area contributed by atoms with Gasteiger partial charge in [-0.05, 0) is 32.2 Å². The molecule has 1 aliphatic rings. The molecule has 1 aliphatic heterocycles. The van der Waals surface area contributed by atoms with Crippen LogP contribution in [0.3, 0.4) is 0 Å². The average molecular weight is 290 g/mol. The predicted octanol–water partition coefficient (Wildman–Crippen LogP) is 0.931. The molecular formula is C13H26N2O3S. The Morgan fingerprint density at radius 1 is 1.32 bits per heavy atom. The standard InChI is InChI=1S/C13H26N2O3S/c1-2-3-9-15(13(16)6-4-5-8-14)12-7-10-19(17,18)11-12/h12H,2-11,14H2,1H3. The van der Waals surface area contributed by atoms with Crippen molar-refractivity contribution in [2.24, 2.45) is 5.73 Å². The molecule has 1 atom stereocenters. The summed E-state index contributed by atoms with van der Waals surface area (Å²) in [7, 11) is -2.94. The molecule has 19 heavy (non-hydrogen) atoms. The van der Waals surface area contributed by atoms with Crippen molar-refractivity contribution in [1.82, 2.24) is 4.90 Å². The number of amides is 1. The fraction of sp³-hybridized carbons (Fsp3) is 0.923. The first-order valence-corrected chi connectivity index (χ1v) is 9.02. The van der Waals surface area contributed by atoms with Gasteiger partial charge >= 0.3 is 0 Å². The highest BCUT2D eigenvalue weighted by Gasteiger charge is 2.33. The molecule has 0 aromatic heterocycles. The Kier molecular flexibility index (Phi) is 6.79. The summed E-state index contributed by atoms with van der Waals surface area (Å²) < 4.78 is 23.1. The van der Waals surface area contributed by atoms with Gasteiger partial charge in [-0.15, -0.1) is 0 Å². The molecule has 0 aliphatic carbocycles. The Balaban J connectivity index is 2.58. The van der Waals surface area contributed by atoms with E-state index in [0.29, 0.717) is 25.9 Å². The van der Waals surface area contributed by atoms with Crippen LogP contribution in [0, 0.1) is 0 Å². The van der Waals surface area contributed by atoms with Crippen LogP contribution < -0.4 is 5.73 Å². The highest BCUT2D eigenvalue weighted by molar-refractivity contribution is 7.91. The third-order valence-corrected chi connectivity index (χ3v) is 5.32. The van der Waals surface area contributed by atoms with E-state index in [2.05, 4.69) is 6.92 Å². The highest BCUT2D eigenvalue weighted by atomic mass is 32.2. The first-order valence-electron chi connectivity index (χ1n) is 7.20. The van der Waals surface area contributed by atoms with Crippen molar-refractivity contribution in [2.45, 2.75) is 51.5 Å². The van der Waals surface area contributed by atoms with E-state index in [1.807, 2.05) is 0 Å². The minimum Gasteiger partial charge on any atom is -0.339 e. The monoisotopic (exact) mass is 290 g/mol. The molecule has 6 heteroatoms. The average Bonchev–Trinajstić information content (AvgIpc) is 2.70. The molecule has 0 aromatic rings. The zero-order valence-corrected chi connectivity index (χ0v) is 12.6. The molecule has 1 heterocycles. The summed E-state index contributed by atoms with van der Waals surface area (Å²) in [6.45, 7) is 3.35.